The molecule has 0 saturated carbocycles. The Labute approximate surface area is 366 Å². The fraction of sp³-hybridized carbons (Fsp3) is 0. The molecule has 0 aliphatic rings. The zero-order valence-electron chi connectivity index (χ0n) is 32.9. The molecule has 288 valence electrons. The molecule has 6 heteroatoms. The van der Waals surface area contributed by atoms with Crippen molar-refractivity contribution in [3.63, 3.8) is 0 Å². The molecule has 0 fully saturated rings. The van der Waals surface area contributed by atoms with Gasteiger partial charge in [0.2, 0.25) is 0 Å². The molecule has 0 atom stereocenters. The predicted molar refractivity (Wildman–Crippen MR) is 271 cm³/mol. The van der Waals surface area contributed by atoms with E-state index in [4.69, 9.17) is 16.8 Å². The van der Waals surface area contributed by atoms with Crippen molar-refractivity contribution in [3.8, 4) is 0 Å². The van der Waals surface area contributed by atoms with Crippen LogP contribution in [0.15, 0.2) is 218 Å². The van der Waals surface area contributed by atoms with Crippen molar-refractivity contribution in [2.75, 3.05) is 0 Å². The third kappa shape index (κ3) is 5.72. The topological polar surface area (TPSA) is 17.3 Å². The van der Waals surface area contributed by atoms with Crippen molar-refractivity contribution in [1.82, 2.24) is 9.38 Å². The number of imidazole rings is 1. The van der Waals surface area contributed by atoms with Gasteiger partial charge < -0.3 is 0 Å². The van der Waals surface area contributed by atoms with Crippen molar-refractivity contribution >= 4 is 141 Å². The van der Waals surface area contributed by atoms with E-state index in [1.807, 2.05) is 0 Å². The summed E-state index contributed by atoms with van der Waals surface area (Å²) in [6.07, 6.45) is 0. The Bertz CT molecular complexity index is 3720. The number of fused-ring (bicyclic) bond motifs is 12. The molecule has 0 spiro atoms. The Morgan fingerprint density at radius 3 is 1.51 bits per heavy atom. The van der Waals surface area contributed by atoms with Gasteiger partial charge in [0.15, 0.2) is 0 Å². The van der Waals surface area contributed by atoms with E-state index < -0.39 is 11.5 Å². The molecule has 0 N–H and O–H groups in total. The molecule has 61 heavy (non-hydrogen) atoms. The fourth-order valence-electron chi connectivity index (χ4n) is 9.46. The van der Waals surface area contributed by atoms with Crippen molar-refractivity contribution in [2.45, 2.75) is 0 Å². The first-order valence-corrected chi connectivity index (χ1v) is 27.3. The maximum atomic E-state index is 7.12. The van der Waals surface area contributed by atoms with Gasteiger partial charge in [0.25, 0.3) is 0 Å². The van der Waals surface area contributed by atoms with Crippen LogP contribution in [0.1, 0.15) is 0 Å². The van der Waals surface area contributed by atoms with Crippen molar-refractivity contribution in [3.05, 3.63) is 218 Å². The van der Waals surface area contributed by atoms with Crippen LogP contribution in [-0.2, 0) is 11.8 Å². The summed E-state index contributed by atoms with van der Waals surface area (Å²) in [5, 5.41) is 18.1. The van der Waals surface area contributed by atoms with E-state index in [0.717, 1.165) is 32.9 Å². The average molecular weight is 898 g/mol. The summed E-state index contributed by atoms with van der Waals surface area (Å²) in [5.41, 5.74) is 1.95. The van der Waals surface area contributed by atoms with E-state index in [2.05, 4.69) is 238 Å². The molecular formula is C55H36N2P2SSe. The van der Waals surface area contributed by atoms with Gasteiger partial charge in [0, 0.05) is 0 Å². The van der Waals surface area contributed by atoms with E-state index >= 15 is 0 Å². The summed E-state index contributed by atoms with van der Waals surface area (Å²) < 4.78 is 2.42. The van der Waals surface area contributed by atoms with Gasteiger partial charge in [-0.15, -0.1) is 0 Å². The molecule has 0 amide bonds. The number of hydrogen-bond donors (Lipinski definition) is 0. The molecule has 0 saturated heterocycles. The predicted octanol–water partition coefficient (Wildman–Crippen LogP) is 11.4. The number of pyridine rings is 1. The van der Waals surface area contributed by atoms with Gasteiger partial charge in [-0.1, -0.05) is 60.7 Å². The summed E-state index contributed by atoms with van der Waals surface area (Å²) in [6.45, 7) is 0. The van der Waals surface area contributed by atoms with Crippen LogP contribution in [0.5, 0.6) is 0 Å². The van der Waals surface area contributed by atoms with Crippen LogP contribution >= 0.6 is 11.5 Å². The quantitative estimate of drug-likeness (QED) is 0.0940. The monoisotopic (exact) mass is 898 g/mol. The van der Waals surface area contributed by atoms with Gasteiger partial charge in [-0.2, -0.15) is 0 Å². The summed E-state index contributed by atoms with van der Waals surface area (Å²) >= 11 is 10.9. The molecule has 0 radical (unpaired) electrons. The number of nitrogens with zero attached hydrogens (tertiary/aromatic N) is 2. The van der Waals surface area contributed by atoms with Crippen LogP contribution in [0.3, 0.4) is 0 Å². The standard InChI is InChI=1S/C55H36N2P2SSe/c60-58(44-26-23-37-13-7-9-16-40(37)33-44,45-27-24-38-14-8-10-17-41(38)34-45)46-29-32-52-51(35-46)56-55-54-48-22-12-11-15-39(48)25-30-50(54)49-31-28-47(36-53(49)57(52)55)59(61,42-18-3-1-4-19-42)43-20-5-2-6-21-43/h1-36H. The Morgan fingerprint density at radius 1 is 0.377 bits per heavy atom. The first-order chi connectivity index (χ1) is 30.0. The summed E-state index contributed by atoms with van der Waals surface area (Å²) in [6, 6.07) is 77.4. The number of aromatic nitrogens is 2. The Balaban J connectivity index is 1.17. The molecule has 12 rings (SSSR count). The molecule has 2 aromatic heterocycles. The zero-order chi connectivity index (χ0) is 40.7. The molecular weight excluding hydrogens is 862 g/mol. The Hall–Kier alpha value is -5.95. The van der Waals surface area contributed by atoms with Gasteiger partial charge in [-0.3, -0.25) is 0 Å². The van der Waals surface area contributed by atoms with Crippen molar-refractivity contribution in [1.29, 1.82) is 0 Å². The van der Waals surface area contributed by atoms with Gasteiger partial charge >= 0.3 is 287 Å². The molecule has 2 nitrogen and oxygen atoms in total. The van der Waals surface area contributed by atoms with Crippen molar-refractivity contribution < 1.29 is 0 Å². The molecule has 0 aliphatic carbocycles. The molecule has 10 aromatic carbocycles. The summed E-state index contributed by atoms with van der Waals surface area (Å²) in [7, 11) is 0. The maximum absolute atomic E-state index is 7.12. The second-order valence-corrected chi connectivity index (χ2v) is 26.4. The zero-order valence-corrected chi connectivity index (χ0v) is 37.2. The average Bonchev–Trinajstić information content (AvgIpc) is 3.72. The molecule has 0 aliphatic heterocycles. The Kier molecular flexibility index (Phi) is 8.66. The molecule has 2 heterocycles. The molecule has 0 unspecified atom stereocenters. The minimum absolute atomic E-state index is 0.940. The van der Waals surface area contributed by atoms with Gasteiger partial charge in [0.1, 0.15) is 0 Å². The van der Waals surface area contributed by atoms with Crippen LogP contribution in [0.25, 0.3) is 70.7 Å². The van der Waals surface area contributed by atoms with Crippen molar-refractivity contribution in [2.24, 2.45) is 0 Å². The van der Waals surface area contributed by atoms with Crippen LogP contribution in [0.2, 0.25) is 0 Å². The van der Waals surface area contributed by atoms with E-state index in [1.54, 1.807) is 0 Å². The SMILES string of the molecule is S=P(c1ccc2ccccc2c1)(c1ccc2ccccc2c1)c1ccc2c(c1)nc1c3c4ccccc4ccc3c3ccc(P(=[Se])(c4ccccc4)c4ccccc4)cc3n21. The molecule has 0 bridgehead atoms. The fourth-order valence-corrected chi connectivity index (χ4v) is 18.1. The second kappa shape index (κ2) is 14.3. The van der Waals surface area contributed by atoms with Crippen LogP contribution in [0, 0.1) is 0 Å². The Morgan fingerprint density at radius 2 is 0.869 bits per heavy atom. The van der Waals surface area contributed by atoms with E-state index in [1.165, 1.54) is 69.6 Å². The van der Waals surface area contributed by atoms with Crippen LogP contribution < -0.4 is 31.8 Å². The third-order valence-corrected chi connectivity index (χ3v) is 24.4. The van der Waals surface area contributed by atoms with Crippen LogP contribution in [-0.4, -0.2) is 24.5 Å². The van der Waals surface area contributed by atoms with E-state index in [9.17, 15) is 0 Å². The number of rotatable bonds is 6. The van der Waals surface area contributed by atoms with E-state index in [0.29, 0.717) is 0 Å². The summed E-state index contributed by atoms with van der Waals surface area (Å²) in [5.74, 6) is 0. The number of hydrogen-bond acceptors (Lipinski definition) is 2. The third-order valence-electron chi connectivity index (χ3n) is 12.5. The first-order valence-electron chi connectivity index (χ1n) is 20.5. The van der Waals surface area contributed by atoms with Gasteiger partial charge in [0.05, 0.1) is 0 Å². The molecule has 12 aromatic rings. The van der Waals surface area contributed by atoms with Crippen LogP contribution in [0.4, 0.5) is 0 Å². The minimum atomic E-state index is -2.58. The number of benzene rings is 10. The van der Waals surface area contributed by atoms with Gasteiger partial charge in [-0.05, 0) is 21.5 Å². The van der Waals surface area contributed by atoms with Gasteiger partial charge in [-0.25, -0.2) is 0 Å². The summed E-state index contributed by atoms with van der Waals surface area (Å²) in [4.78, 5) is 5.65. The second-order valence-electron chi connectivity index (χ2n) is 15.8. The first kappa shape index (κ1) is 36.9. The normalized spacial score (nSPS) is 12.4. The van der Waals surface area contributed by atoms with E-state index in [-0.39, 0.29) is 0 Å².